The van der Waals surface area contributed by atoms with Crippen molar-refractivity contribution in [1.29, 1.82) is 0 Å². The first-order valence-electron chi connectivity index (χ1n) is 8.37. The average Bonchev–Trinajstić information content (AvgIpc) is 2.39. The molecule has 2 rings (SSSR count). The highest BCUT2D eigenvalue weighted by atomic mass is 19.1. The van der Waals surface area contributed by atoms with Gasteiger partial charge in [-0.15, -0.1) is 0 Å². The lowest BCUT2D eigenvalue weighted by molar-refractivity contribution is 0.180. The van der Waals surface area contributed by atoms with Crippen LogP contribution < -0.4 is 0 Å². The van der Waals surface area contributed by atoms with E-state index in [1.807, 2.05) is 32.9 Å². The Morgan fingerprint density at radius 2 is 1.36 bits per heavy atom. The first-order chi connectivity index (χ1) is 9.62. The molecular weight excluding hydrogens is 271 g/mol. The SMILES string of the molecule is C.CC(C)(C)C1CCCCC1.CC(C)(C)c1ccccc1F. The number of hydrogen-bond donors (Lipinski definition) is 0. The van der Waals surface area contributed by atoms with E-state index in [2.05, 4.69) is 20.8 Å². The normalized spacial score (nSPS) is 16.3. The van der Waals surface area contributed by atoms with Crippen LogP contribution in [0.3, 0.4) is 0 Å². The van der Waals surface area contributed by atoms with Crippen molar-refractivity contribution < 1.29 is 4.39 Å². The zero-order valence-corrected chi connectivity index (χ0v) is 14.8. The van der Waals surface area contributed by atoms with Crippen molar-refractivity contribution in [3.8, 4) is 0 Å². The Bertz CT molecular complexity index is 414. The van der Waals surface area contributed by atoms with Crippen molar-refractivity contribution in [2.24, 2.45) is 11.3 Å². The first kappa shape index (κ1) is 21.1. The smallest absolute Gasteiger partial charge is 0.126 e. The summed E-state index contributed by atoms with van der Waals surface area (Å²) in [5, 5.41) is 0. The van der Waals surface area contributed by atoms with Gasteiger partial charge in [-0.3, -0.25) is 0 Å². The highest BCUT2D eigenvalue weighted by Crippen LogP contribution is 2.37. The maximum atomic E-state index is 13.1. The summed E-state index contributed by atoms with van der Waals surface area (Å²) in [7, 11) is 0. The molecule has 0 spiro atoms. The second-order valence-corrected chi connectivity index (χ2v) is 8.43. The molecule has 1 aliphatic carbocycles. The molecule has 0 saturated heterocycles. The van der Waals surface area contributed by atoms with Crippen LogP contribution in [0.1, 0.15) is 86.6 Å². The molecule has 1 aromatic rings. The molecular formula is C21H37F. The summed E-state index contributed by atoms with van der Waals surface area (Å²) >= 11 is 0. The largest absolute Gasteiger partial charge is 0.207 e. The highest BCUT2D eigenvalue weighted by Gasteiger charge is 2.25. The molecule has 0 aliphatic heterocycles. The number of benzene rings is 1. The Labute approximate surface area is 138 Å². The molecule has 22 heavy (non-hydrogen) atoms. The molecule has 0 nitrogen and oxygen atoms in total. The fourth-order valence-electron chi connectivity index (χ4n) is 3.04. The fourth-order valence-corrected chi connectivity index (χ4v) is 3.04. The Morgan fingerprint density at radius 1 is 0.864 bits per heavy atom. The third-order valence-corrected chi connectivity index (χ3v) is 4.51. The standard InChI is InChI=1S/C10H13F.C10H20.CH4/c1-10(2,3)8-6-4-5-7-9(8)11;1-10(2,3)9-7-5-4-6-8-9;/h4-7H,1-3H3;9H,4-8H2,1-3H3;1H4. The van der Waals surface area contributed by atoms with Crippen LogP contribution in [0, 0.1) is 17.2 Å². The van der Waals surface area contributed by atoms with Gasteiger partial charge >= 0.3 is 0 Å². The Morgan fingerprint density at radius 3 is 1.68 bits per heavy atom. The number of hydrogen-bond acceptors (Lipinski definition) is 0. The van der Waals surface area contributed by atoms with Crippen molar-refractivity contribution in [2.75, 3.05) is 0 Å². The van der Waals surface area contributed by atoms with E-state index >= 15 is 0 Å². The van der Waals surface area contributed by atoms with Crippen LogP contribution >= 0.6 is 0 Å². The summed E-state index contributed by atoms with van der Waals surface area (Å²) in [6, 6.07) is 6.91. The minimum Gasteiger partial charge on any atom is -0.207 e. The molecule has 1 fully saturated rings. The summed E-state index contributed by atoms with van der Waals surface area (Å²) in [4.78, 5) is 0. The molecule has 1 heteroatoms. The van der Waals surface area contributed by atoms with E-state index < -0.39 is 0 Å². The third-order valence-electron chi connectivity index (χ3n) is 4.51. The van der Waals surface area contributed by atoms with Crippen molar-refractivity contribution in [2.45, 2.75) is 86.5 Å². The van der Waals surface area contributed by atoms with E-state index in [1.54, 1.807) is 6.07 Å². The maximum absolute atomic E-state index is 13.1. The summed E-state index contributed by atoms with van der Waals surface area (Å²) in [6.45, 7) is 13.2. The second-order valence-electron chi connectivity index (χ2n) is 8.43. The number of rotatable bonds is 0. The van der Waals surface area contributed by atoms with Crippen LogP contribution in [0.5, 0.6) is 0 Å². The van der Waals surface area contributed by atoms with Crippen LogP contribution in [0.15, 0.2) is 24.3 Å². The van der Waals surface area contributed by atoms with Crippen molar-refractivity contribution in [3.63, 3.8) is 0 Å². The topological polar surface area (TPSA) is 0 Å². The first-order valence-corrected chi connectivity index (χ1v) is 8.37. The van der Waals surface area contributed by atoms with E-state index in [-0.39, 0.29) is 18.7 Å². The highest BCUT2D eigenvalue weighted by molar-refractivity contribution is 5.24. The summed E-state index contributed by atoms with van der Waals surface area (Å²) in [5.41, 5.74) is 1.26. The monoisotopic (exact) mass is 308 g/mol. The van der Waals surface area contributed by atoms with Crippen molar-refractivity contribution >= 4 is 0 Å². The van der Waals surface area contributed by atoms with Crippen molar-refractivity contribution in [3.05, 3.63) is 35.6 Å². The maximum Gasteiger partial charge on any atom is 0.126 e. The van der Waals surface area contributed by atoms with Gasteiger partial charge < -0.3 is 0 Å². The van der Waals surface area contributed by atoms with Crippen molar-refractivity contribution in [1.82, 2.24) is 0 Å². The van der Waals surface area contributed by atoms with Gasteiger partial charge in [-0.1, -0.05) is 86.4 Å². The lowest BCUT2D eigenvalue weighted by Gasteiger charge is -2.33. The molecule has 1 aliphatic rings. The molecule has 0 amide bonds. The lowest BCUT2D eigenvalue weighted by Crippen LogP contribution is -2.22. The van der Waals surface area contributed by atoms with Gasteiger partial charge in [0.2, 0.25) is 0 Å². The van der Waals surface area contributed by atoms with Gasteiger partial charge in [-0.05, 0) is 41.2 Å². The summed E-state index contributed by atoms with van der Waals surface area (Å²) < 4.78 is 13.1. The van der Waals surface area contributed by atoms with Crippen LogP contribution in [0.25, 0.3) is 0 Å². The third kappa shape index (κ3) is 6.94. The van der Waals surface area contributed by atoms with Crippen LogP contribution in [-0.2, 0) is 5.41 Å². The molecule has 0 radical (unpaired) electrons. The van der Waals surface area contributed by atoms with Gasteiger partial charge in [-0.2, -0.15) is 0 Å². The summed E-state index contributed by atoms with van der Waals surface area (Å²) in [5.74, 6) is 0.890. The Balaban J connectivity index is 0.000000385. The molecule has 0 atom stereocenters. The van der Waals surface area contributed by atoms with E-state index in [0.29, 0.717) is 5.41 Å². The zero-order valence-electron chi connectivity index (χ0n) is 14.8. The minimum absolute atomic E-state index is 0. The lowest BCUT2D eigenvalue weighted by atomic mass is 9.72. The zero-order chi connectivity index (χ0) is 16.1. The predicted molar refractivity (Wildman–Crippen MR) is 97.9 cm³/mol. The molecule has 1 saturated carbocycles. The molecule has 0 heterocycles. The van der Waals surface area contributed by atoms with E-state index in [0.717, 1.165) is 11.5 Å². The molecule has 0 unspecified atom stereocenters. The fraction of sp³-hybridized carbons (Fsp3) is 0.714. The quantitative estimate of drug-likeness (QED) is 0.469. The number of halogens is 1. The van der Waals surface area contributed by atoms with Gasteiger partial charge in [0, 0.05) is 0 Å². The molecule has 1 aromatic carbocycles. The Hall–Kier alpha value is -0.850. The second kappa shape index (κ2) is 8.70. The van der Waals surface area contributed by atoms with Gasteiger partial charge in [0.25, 0.3) is 0 Å². The van der Waals surface area contributed by atoms with E-state index in [9.17, 15) is 4.39 Å². The Kier molecular flexibility index (Phi) is 8.36. The van der Waals surface area contributed by atoms with E-state index in [1.165, 1.54) is 38.2 Å². The van der Waals surface area contributed by atoms with Gasteiger partial charge in [0.1, 0.15) is 5.82 Å². The molecule has 128 valence electrons. The molecule has 0 bridgehead atoms. The van der Waals surface area contributed by atoms with Gasteiger partial charge in [0.15, 0.2) is 0 Å². The van der Waals surface area contributed by atoms with Gasteiger partial charge in [-0.25, -0.2) is 4.39 Å². The van der Waals surface area contributed by atoms with E-state index in [4.69, 9.17) is 0 Å². The molecule has 0 aromatic heterocycles. The van der Waals surface area contributed by atoms with Crippen LogP contribution in [0.2, 0.25) is 0 Å². The van der Waals surface area contributed by atoms with Crippen LogP contribution in [-0.4, -0.2) is 0 Å². The molecule has 0 N–H and O–H groups in total. The predicted octanol–water partition coefficient (Wildman–Crippen LogP) is 7.37. The average molecular weight is 309 g/mol. The summed E-state index contributed by atoms with van der Waals surface area (Å²) in [6.07, 6.45) is 7.38. The van der Waals surface area contributed by atoms with Crippen LogP contribution in [0.4, 0.5) is 4.39 Å². The van der Waals surface area contributed by atoms with Gasteiger partial charge in [0.05, 0.1) is 0 Å². The minimum atomic E-state index is -0.111.